The first-order valence-corrected chi connectivity index (χ1v) is 4.57. The van der Waals surface area contributed by atoms with Crippen LogP contribution >= 0.6 is 0 Å². The second-order valence-electron chi connectivity index (χ2n) is 3.07. The molecule has 0 aromatic rings. The van der Waals surface area contributed by atoms with E-state index < -0.39 is 0 Å². The molecule has 3 heteroatoms. The van der Waals surface area contributed by atoms with Crippen LogP contribution in [0.1, 0.15) is 26.7 Å². The maximum absolute atomic E-state index is 11.2. The predicted octanol–water partition coefficient (Wildman–Crippen LogP) is 0.501. The van der Waals surface area contributed by atoms with Crippen molar-refractivity contribution in [3.63, 3.8) is 0 Å². The number of rotatable bonds is 5. The second kappa shape index (κ2) is 7.63. The van der Waals surface area contributed by atoms with Gasteiger partial charge in [-0.15, -0.1) is 11.8 Å². The second-order valence-corrected chi connectivity index (χ2v) is 3.07. The molecule has 0 aliphatic rings. The zero-order valence-corrected chi connectivity index (χ0v) is 8.39. The topological polar surface area (TPSA) is 55.1 Å². The molecule has 0 aliphatic heterocycles. The fourth-order valence-corrected chi connectivity index (χ4v) is 0.861. The minimum absolute atomic E-state index is 0.0656. The van der Waals surface area contributed by atoms with Gasteiger partial charge < -0.3 is 11.1 Å². The Hall–Kier alpha value is -1.01. The Morgan fingerprint density at radius 3 is 2.85 bits per heavy atom. The third-order valence-electron chi connectivity index (χ3n) is 1.69. The van der Waals surface area contributed by atoms with Gasteiger partial charge in [-0.1, -0.05) is 6.92 Å². The van der Waals surface area contributed by atoms with Crippen molar-refractivity contribution in [2.45, 2.75) is 26.7 Å². The number of hydrogen-bond donors (Lipinski definition) is 2. The van der Waals surface area contributed by atoms with E-state index in [2.05, 4.69) is 17.2 Å². The van der Waals surface area contributed by atoms with E-state index in [-0.39, 0.29) is 11.8 Å². The van der Waals surface area contributed by atoms with Gasteiger partial charge in [0.15, 0.2) is 0 Å². The Morgan fingerprint density at radius 2 is 2.31 bits per heavy atom. The molecule has 0 bridgehead atoms. The summed E-state index contributed by atoms with van der Waals surface area (Å²) in [5.41, 5.74) is 5.39. The van der Waals surface area contributed by atoms with Crippen LogP contribution in [-0.2, 0) is 4.79 Å². The highest BCUT2D eigenvalue weighted by Crippen LogP contribution is 1.97. The van der Waals surface area contributed by atoms with Crippen molar-refractivity contribution in [3.8, 4) is 11.8 Å². The van der Waals surface area contributed by atoms with Crippen molar-refractivity contribution in [3.05, 3.63) is 0 Å². The van der Waals surface area contributed by atoms with E-state index in [1.54, 1.807) is 6.92 Å². The fourth-order valence-electron chi connectivity index (χ4n) is 0.861. The summed E-state index contributed by atoms with van der Waals surface area (Å²) in [6, 6.07) is 0. The van der Waals surface area contributed by atoms with Gasteiger partial charge in [-0.3, -0.25) is 4.79 Å². The highest BCUT2D eigenvalue weighted by molar-refractivity contribution is 5.76. The first-order valence-electron chi connectivity index (χ1n) is 4.57. The average Bonchev–Trinajstić information content (AvgIpc) is 2.12. The molecule has 0 radical (unpaired) electrons. The Balaban J connectivity index is 3.44. The molecule has 0 saturated carbocycles. The molecule has 0 heterocycles. The van der Waals surface area contributed by atoms with E-state index in [0.717, 1.165) is 6.42 Å². The molecule has 0 aromatic carbocycles. The van der Waals surface area contributed by atoms with Crippen LogP contribution in [0.2, 0.25) is 0 Å². The molecule has 1 unspecified atom stereocenters. The lowest BCUT2D eigenvalue weighted by Crippen LogP contribution is -2.27. The smallest absolute Gasteiger partial charge is 0.220 e. The molecule has 0 fully saturated rings. The monoisotopic (exact) mass is 182 g/mol. The first kappa shape index (κ1) is 12.0. The van der Waals surface area contributed by atoms with Crippen LogP contribution in [0.3, 0.4) is 0 Å². The molecule has 1 amide bonds. The van der Waals surface area contributed by atoms with Crippen LogP contribution in [0.25, 0.3) is 0 Å². The van der Waals surface area contributed by atoms with Crippen molar-refractivity contribution in [1.29, 1.82) is 0 Å². The quantitative estimate of drug-likeness (QED) is 0.480. The number of nitrogens with two attached hydrogens (primary N) is 1. The van der Waals surface area contributed by atoms with Crippen LogP contribution in [0.15, 0.2) is 0 Å². The number of carbonyl (C=O) groups is 1. The molecule has 3 nitrogen and oxygen atoms in total. The summed E-state index contributed by atoms with van der Waals surface area (Å²) >= 11 is 0. The van der Waals surface area contributed by atoms with Gasteiger partial charge in [0.1, 0.15) is 0 Å². The van der Waals surface area contributed by atoms with E-state index in [1.165, 1.54) is 0 Å². The SMILES string of the molecule is CC#CCCNC(=O)CC(C)CN. The van der Waals surface area contributed by atoms with Crippen LogP contribution < -0.4 is 11.1 Å². The van der Waals surface area contributed by atoms with Crippen molar-refractivity contribution in [2.75, 3.05) is 13.1 Å². The minimum atomic E-state index is 0.0656. The molecule has 0 aromatic heterocycles. The van der Waals surface area contributed by atoms with Crippen molar-refractivity contribution in [1.82, 2.24) is 5.32 Å². The van der Waals surface area contributed by atoms with Crippen LogP contribution in [-0.4, -0.2) is 19.0 Å². The summed E-state index contributed by atoms with van der Waals surface area (Å²) in [6.07, 6.45) is 1.23. The third kappa shape index (κ3) is 7.35. The van der Waals surface area contributed by atoms with Gasteiger partial charge in [-0.25, -0.2) is 0 Å². The van der Waals surface area contributed by atoms with Crippen molar-refractivity contribution >= 4 is 5.91 Å². The molecule has 0 spiro atoms. The zero-order valence-electron chi connectivity index (χ0n) is 8.39. The van der Waals surface area contributed by atoms with Crippen molar-refractivity contribution in [2.24, 2.45) is 11.7 Å². The van der Waals surface area contributed by atoms with E-state index in [0.29, 0.717) is 19.5 Å². The molecular formula is C10H18N2O. The largest absolute Gasteiger partial charge is 0.355 e. The summed E-state index contributed by atoms with van der Waals surface area (Å²) < 4.78 is 0. The Kier molecular flexibility index (Phi) is 7.04. The molecule has 0 aliphatic carbocycles. The maximum atomic E-state index is 11.2. The van der Waals surface area contributed by atoms with Crippen LogP contribution in [0, 0.1) is 17.8 Å². The minimum Gasteiger partial charge on any atom is -0.355 e. The molecule has 13 heavy (non-hydrogen) atoms. The summed E-state index contributed by atoms with van der Waals surface area (Å²) in [4.78, 5) is 11.2. The van der Waals surface area contributed by atoms with Gasteiger partial charge in [0, 0.05) is 19.4 Å². The fraction of sp³-hybridized carbons (Fsp3) is 0.700. The standard InChI is InChI=1S/C10H18N2O/c1-3-4-5-6-12-10(13)7-9(2)8-11/h9H,5-8,11H2,1-2H3,(H,12,13). The number of nitrogens with one attached hydrogen (secondary N) is 1. The van der Waals surface area contributed by atoms with Gasteiger partial charge in [0.05, 0.1) is 0 Å². The van der Waals surface area contributed by atoms with E-state index in [4.69, 9.17) is 5.73 Å². The lowest BCUT2D eigenvalue weighted by Gasteiger charge is -2.07. The molecule has 74 valence electrons. The molecule has 0 rings (SSSR count). The Bertz CT molecular complexity index is 203. The third-order valence-corrected chi connectivity index (χ3v) is 1.69. The average molecular weight is 182 g/mol. The number of amides is 1. The molecular weight excluding hydrogens is 164 g/mol. The van der Waals surface area contributed by atoms with E-state index in [1.807, 2.05) is 6.92 Å². The number of hydrogen-bond acceptors (Lipinski definition) is 2. The normalized spacial score (nSPS) is 11.3. The highest BCUT2D eigenvalue weighted by atomic mass is 16.1. The maximum Gasteiger partial charge on any atom is 0.220 e. The zero-order chi connectivity index (χ0) is 10.1. The van der Waals surface area contributed by atoms with Gasteiger partial charge in [0.25, 0.3) is 0 Å². The number of carbonyl (C=O) groups excluding carboxylic acids is 1. The van der Waals surface area contributed by atoms with Crippen LogP contribution in [0.4, 0.5) is 0 Å². The van der Waals surface area contributed by atoms with Gasteiger partial charge in [-0.05, 0) is 19.4 Å². The molecule has 0 saturated heterocycles. The van der Waals surface area contributed by atoms with Gasteiger partial charge >= 0.3 is 0 Å². The summed E-state index contributed by atoms with van der Waals surface area (Å²) in [5.74, 6) is 5.98. The lowest BCUT2D eigenvalue weighted by atomic mass is 10.1. The van der Waals surface area contributed by atoms with Gasteiger partial charge in [-0.2, -0.15) is 0 Å². The van der Waals surface area contributed by atoms with Crippen molar-refractivity contribution < 1.29 is 4.79 Å². The van der Waals surface area contributed by atoms with E-state index in [9.17, 15) is 4.79 Å². The molecule has 3 N–H and O–H groups in total. The first-order chi connectivity index (χ1) is 6.20. The predicted molar refractivity (Wildman–Crippen MR) is 53.9 cm³/mol. The summed E-state index contributed by atoms with van der Waals surface area (Å²) in [5, 5.41) is 2.79. The highest BCUT2D eigenvalue weighted by Gasteiger charge is 2.05. The Labute approximate surface area is 80.1 Å². The van der Waals surface area contributed by atoms with Crippen LogP contribution in [0.5, 0.6) is 0 Å². The Morgan fingerprint density at radius 1 is 1.62 bits per heavy atom. The summed E-state index contributed by atoms with van der Waals surface area (Å²) in [6.45, 7) is 4.95. The summed E-state index contributed by atoms with van der Waals surface area (Å²) in [7, 11) is 0. The molecule has 1 atom stereocenters. The van der Waals surface area contributed by atoms with Gasteiger partial charge in [0.2, 0.25) is 5.91 Å². The lowest BCUT2D eigenvalue weighted by molar-refractivity contribution is -0.121. The van der Waals surface area contributed by atoms with E-state index >= 15 is 0 Å².